The van der Waals surface area contributed by atoms with E-state index in [1.165, 1.54) is 56.3 Å². The first-order chi connectivity index (χ1) is 15.9. The molecule has 34 heavy (non-hydrogen) atoms. The molecule has 0 aliphatic carbocycles. The van der Waals surface area contributed by atoms with E-state index in [-0.39, 0.29) is 33.5 Å². The third-order valence-electron chi connectivity index (χ3n) is 4.49. The molecule has 0 bridgehead atoms. The van der Waals surface area contributed by atoms with Crippen molar-refractivity contribution in [1.82, 2.24) is 14.5 Å². The minimum Gasteiger partial charge on any atom is -0.476 e. The van der Waals surface area contributed by atoms with Crippen LogP contribution in [-0.4, -0.2) is 41.2 Å². The van der Waals surface area contributed by atoms with E-state index in [9.17, 15) is 27.5 Å². The Labute approximate surface area is 195 Å². The van der Waals surface area contributed by atoms with Crippen molar-refractivity contribution in [3.05, 3.63) is 59.5 Å². The molecule has 1 amide bonds. The third-order valence-corrected chi connectivity index (χ3v) is 6.17. The predicted molar refractivity (Wildman–Crippen MR) is 121 cm³/mol. The summed E-state index contributed by atoms with van der Waals surface area (Å²) in [6, 6.07) is 8.65. The number of nitrogens with zero attached hydrogens (tertiary/aromatic N) is 2. The molecule has 0 atom stereocenters. The number of hydrogen-bond acceptors (Lipinski definition) is 6. The van der Waals surface area contributed by atoms with Gasteiger partial charge < -0.3 is 15.2 Å². The van der Waals surface area contributed by atoms with E-state index in [2.05, 4.69) is 15.1 Å². The van der Waals surface area contributed by atoms with Gasteiger partial charge in [0.25, 0.3) is 0 Å². The Balaban J connectivity index is 2.19. The minimum absolute atomic E-state index is 0.0720. The molecule has 0 fully saturated rings. The molecule has 0 saturated carbocycles. The van der Waals surface area contributed by atoms with Crippen LogP contribution in [0.4, 0.5) is 10.1 Å². The van der Waals surface area contributed by atoms with Crippen molar-refractivity contribution in [2.24, 2.45) is 0 Å². The van der Waals surface area contributed by atoms with Crippen molar-refractivity contribution in [2.45, 2.75) is 38.6 Å². The second-order valence-corrected chi connectivity index (χ2v) is 9.38. The van der Waals surface area contributed by atoms with Crippen molar-refractivity contribution in [1.29, 1.82) is 0 Å². The van der Waals surface area contributed by atoms with Crippen molar-refractivity contribution >= 4 is 27.6 Å². The van der Waals surface area contributed by atoms with Crippen LogP contribution < -0.4 is 14.8 Å². The largest absolute Gasteiger partial charge is 0.476 e. The second kappa shape index (κ2) is 9.61. The molecule has 1 aromatic heterocycles. The summed E-state index contributed by atoms with van der Waals surface area (Å²) in [5.74, 6) is -2.43. The molecule has 3 aromatic rings. The summed E-state index contributed by atoms with van der Waals surface area (Å²) < 4.78 is 49.0. The molecule has 12 heteroatoms. The van der Waals surface area contributed by atoms with Crippen LogP contribution in [-0.2, 0) is 14.8 Å². The van der Waals surface area contributed by atoms with Crippen LogP contribution in [0.25, 0.3) is 5.69 Å². The van der Waals surface area contributed by atoms with Crippen LogP contribution in [0.15, 0.2) is 47.4 Å². The summed E-state index contributed by atoms with van der Waals surface area (Å²) in [5.41, 5.74) is 0.326. The van der Waals surface area contributed by atoms with Gasteiger partial charge in [-0.3, -0.25) is 4.79 Å². The summed E-state index contributed by atoms with van der Waals surface area (Å²) in [6.45, 7) is 6.02. The van der Waals surface area contributed by atoms with E-state index >= 15 is 0 Å². The van der Waals surface area contributed by atoms with Gasteiger partial charge in [-0.15, -0.1) is 0 Å². The highest BCUT2D eigenvalue weighted by Crippen LogP contribution is 2.35. The average molecular weight is 491 g/mol. The average Bonchev–Trinajstić information content (AvgIpc) is 3.05. The maximum absolute atomic E-state index is 13.4. The molecule has 180 valence electrons. The molecule has 1 heterocycles. The fourth-order valence-electron chi connectivity index (χ4n) is 3.12. The number of carbonyl (C=O) groups is 2. The predicted octanol–water partition coefficient (Wildman–Crippen LogP) is 3.46. The van der Waals surface area contributed by atoms with E-state index in [1.807, 2.05) is 0 Å². The number of sulfonamides is 1. The molecule has 0 spiro atoms. The number of carboxylic acids is 1. The molecule has 10 nitrogen and oxygen atoms in total. The number of nitrogens with one attached hydrogen (secondary N) is 2. The van der Waals surface area contributed by atoms with E-state index in [0.717, 1.165) is 4.68 Å². The maximum Gasteiger partial charge on any atom is 0.356 e. The number of benzene rings is 2. The van der Waals surface area contributed by atoms with Crippen LogP contribution >= 0.6 is 0 Å². The first-order valence-electron chi connectivity index (χ1n) is 10.1. The highest BCUT2D eigenvalue weighted by molar-refractivity contribution is 7.89. The van der Waals surface area contributed by atoms with Crippen LogP contribution in [0.5, 0.6) is 11.6 Å². The smallest absolute Gasteiger partial charge is 0.356 e. The standard InChI is InChI=1S/C22H23FN4O6S/c1-12(2)26-34(31,32)19-11-16(24-14(4)28)7-10-18(19)33-21-13(3)20(22(29)30)25-27(21)17-8-5-15(23)6-9-17/h5-12,26H,1-4H3,(H,24,28)(H,29,30). The van der Waals surface area contributed by atoms with E-state index in [0.29, 0.717) is 5.69 Å². The number of amides is 1. The number of hydrogen-bond donors (Lipinski definition) is 3. The maximum atomic E-state index is 13.4. The van der Waals surface area contributed by atoms with E-state index in [4.69, 9.17) is 4.74 Å². The van der Waals surface area contributed by atoms with Gasteiger partial charge in [-0.1, -0.05) is 0 Å². The first kappa shape index (κ1) is 24.9. The monoisotopic (exact) mass is 490 g/mol. The number of aromatic nitrogens is 2. The van der Waals surface area contributed by atoms with Gasteiger partial charge in [0, 0.05) is 24.2 Å². The zero-order valence-electron chi connectivity index (χ0n) is 18.8. The normalized spacial score (nSPS) is 11.5. The van der Waals surface area contributed by atoms with Crippen molar-refractivity contribution in [3.63, 3.8) is 0 Å². The molecule has 2 aromatic carbocycles. The highest BCUT2D eigenvalue weighted by Gasteiger charge is 2.26. The van der Waals surface area contributed by atoms with E-state index < -0.39 is 33.8 Å². The number of rotatable bonds is 8. The molecule has 0 aliphatic heterocycles. The van der Waals surface area contributed by atoms with Gasteiger partial charge in [0.15, 0.2) is 5.69 Å². The Morgan fingerprint density at radius 1 is 1.15 bits per heavy atom. The Morgan fingerprint density at radius 3 is 2.35 bits per heavy atom. The summed E-state index contributed by atoms with van der Waals surface area (Å²) in [7, 11) is -4.10. The first-order valence-corrected chi connectivity index (χ1v) is 11.6. The van der Waals surface area contributed by atoms with Crippen LogP contribution in [0.1, 0.15) is 36.8 Å². The SMILES string of the molecule is CC(=O)Nc1ccc(Oc2c(C)c(C(=O)O)nn2-c2ccc(F)cc2)c(S(=O)(=O)NC(C)C)c1. The highest BCUT2D eigenvalue weighted by atomic mass is 32.2. The summed E-state index contributed by atoms with van der Waals surface area (Å²) in [6.07, 6.45) is 0. The molecular formula is C22H23FN4O6S. The van der Waals surface area contributed by atoms with Crippen molar-refractivity contribution in [2.75, 3.05) is 5.32 Å². The molecule has 0 unspecified atom stereocenters. The zero-order chi connectivity index (χ0) is 25.2. The molecule has 3 N–H and O–H groups in total. The van der Waals surface area contributed by atoms with Gasteiger partial charge in [-0.05, 0) is 63.2 Å². The molecule has 0 saturated heterocycles. The van der Waals surface area contributed by atoms with E-state index in [1.54, 1.807) is 13.8 Å². The third kappa shape index (κ3) is 5.41. The number of carbonyl (C=O) groups excluding carboxylic acids is 1. The number of aromatic carboxylic acids is 1. The Bertz CT molecular complexity index is 1350. The van der Waals surface area contributed by atoms with Crippen LogP contribution in [0.3, 0.4) is 0 Å². The second-order valence-electron chi connectivity index (χ2n) is 7.69. The van der Waals surface area contributed by atoms with Gasteiger partial charge in [0.1, 0.15) is 16.5 Å². The number of anilines is 1. The van der Waals surface area contributed by atoms with Gasteiger partial charge in [-0.25, -0.2) is 22.3 Å². The van der Waals surface area contributed by atoms with Gasteiger partial charge >= 0.3 is 5.97 Å². The van der Waals surface area contributed by atoms with Crippen LogP contribution in [0.2, 0.25) is 0 Å². The summed E-state index contributed by atoms with van der Waals surface area (Å²) in [5, 5.41) is 16.1. The number of carboxylic acid groups (broad SMARTS) is 1. The lowest BCUT2D eigenvalue weighted by Gasteiger charge is -2.16. The van der Waals surface area contributed by atoms with Crippen molar-refractivity contribution < 1.29 is 32.2 Å². The van der Waals surface area contributed by atoms with Crippen LogP contribution in [0, 0.1) is 12.7 Å². The number of ether oxygens (including phenoxy) is 1. The molecule has 0 aliphatic rings. The fraction of sp³-hybridized carbons (Fsp3) is 0.227. The quantitative estimate of drug-likeness (QED) is 0.439. The molecule has 3 rings (SSSR count). The minimum atomic E-state index is -4.10. The Hall–Kier alpha value is -3.77. The lowest BCUT2D eigenvalue weighted by molar-refractivity contribution is -0.114. The molecular weight excluding hydrogens is 467 g/mol. The molecule has 0 radical (unpaired) electrons. The summed E-state index contributed by atoms with van der Waals surface area (Å²) in [4.78, 5) is 22.9. The lowest BCUT2D eigenvalue weighted by Crippen LogP contribution is -2.30. The number of halogens is 1. The zero-order valence-corrected chi connectivity index (χ0v) is 19.6. The van der Waals surface area contributed by atoms with Gasteiger partial charge in [0.05, 0.1) is 5.69 Å². The van der Waals surface area contributed by atoms with Gasteiger partial charge in [0.2, 0.25) is 21.8 Å². The van der Waals surface area contributed by atoms with Gasteiger partial charge in [-0.2, -0.15) is 9.78 Å². The summed E-state index contributed by atoms with van der Waals surface area (Å²) >= 11 is 0. The Kier molecular flexibility index (Phi) is 7.03. The Morgan fingerprint density at radius 2 is 1.79 bits per heavy atom. The topological polar surface area (TPSA) is 140 Å². The lowest BCUT2D eigenvalue weighted by atomic mass is 10.2. The van der Waals surface area contributed by atoms with Crippen molar-refractivity contribution in [3.8, 4) is 17.3 Å². The fourth-order valence-corrected chi connectivity index (χ4v) is 4.53.